The fraction of sp³-hybridized carbons (Fsp3) is 0.333. The van der Waals surface area contributed by atoms with Crippen LogP contribution in [0.1, 0.15) is 12.0 Å². The summed E-state index contributed by atoms with van der Waals surface area (Å²) < 4.78 is 0. The summed E-state index contributed by atoms with van der Waals surface area (Å²) in [4.78, 5) is 28.5. The monoisotopic (exact) mass is 351 g/mol. The van der Waals surface area contributed by atoms with Gasteiger partial charge in [-0.25, -0.2) is 0 Å². The maximum absolute atomic E-state index is 12.5. The molecule has 2 aromatic rings. The van der Waals surface area contributed by atoms with Crippen molar-refractivity contribution in [3.8, 4) is 0 Å². The van der Waals surface area contributed by atoms with Gasteiger partial charge in [0, 0.05) is 45.0 Å². The lowest BCUT2D eigenvalue weighted by Crippen LogP contribution is -2.30. The van der Waals surface area contributed by atoms with E-state index in [9.17, 15) is 9.59 Å². The normalized spacial score (nSPS) is 16.6. The second-order valence-electron chi connectivity index (χ2n) is 6.91. The summed E-state index contributed by atoms with van der Waals surface area (Å²) in [7, 11) is 3.95. The number of anilines is 2. The highest BCUT2D eigenvalue weighted by Crippen LogP contribution is 2.21. The molecule has 0 aromatic heterocycles. The number of nitrogens with one attached hydrogen (secondary N) is 1. The number of nitrogens with zero attached hydrogens (tertiary/aromatic N) is 2. The predicted molar refractivity (Wildman–Crippen MR) is 104 cm³/mol. The molecule has 1 unspecified atom stereocenters. The first-order chi connectivity index (χ1) is 12.5. The van der Waals surface area contributed by atoms with Crippen molar-refractivity contribution < 1.29 is 9.59 Å². The van der Waals surface area contributed by atoms with Crippen molar-refractivity contribution >= 4 is 23.2 Å². The third-order valence-corrected chi connectivity index (χ3v) is 4.75. The maximum Gasteiger partial charge on any atom is 0.229 e. The number of rotatable bonds is 6. The van der Waals surface area contributed by atoms with Crippen LogP contribution in [0.4, 0.5) is 11.4 Å². The Morgan fingerprint density at radius 1 is 1.12 bits per heavy atom. The first-order valence-corrected chi connectivity index (χ1v) is 8.93. The van der Waals surface area contributed by atoms with E-state index in [2.05, 4.69) is 17.4 Å². The molecule has 26 heavy (non-hydrogen) atoms. The van der Waals surface area contributed by atoms with E-state index in [1.54, 1.807) is 4.90 Å². The number of carbonyl (C=O) groups excluding carboxylic acids is 2. The Bertz CT molecular complexity index is 757. The molecule has 0 aliphatic carbocycles. The van der Waals surface area contributed by atoms with Gasteiger partial charge in [-0.2, -0.15) is 0 Å². The van der Waals surface area contributed by atoms with Crippen LogP contribution < -0.4 is 10.2 Å². The third kappa shape index (κ3) is 4.42. The molecule has 1 N–H and O–H groups in total. The fourth-order valence-corrected chi connectivity index (χ4v) is 3.16. The zero-order chi connectivity index (χ0) is 18.5. The molecule has 1 atom stereocenters. The summed E-state index contributed by atoms with van der Waals surface area (Å²) in [5.41, 5.74) is 3.04. The van der Waals surface area contributed by atoms with Gasteiger partial charge in [0.05, 0.1) is 5.92 Å². The lowest BCUT2D eigenvalue weighted by molar-refractivity contribution is -0.128. The number of benzene rings is 2. The highest BCUT2D eigenvalue weighted by atomic mass is 16.2. The zero-order valence-corrected chi connectivity index (χ0v) is 15.3. The van der Waals surface area contributed by atoms with Crippen LogP contribution in [0.2, 0.25) is 0 Å². The van der Waals surface area contributed by atoms with Crippen LogP contribution in [-0.4, -0.2) is 43.9 Å². The summed E-state index contributed by atoms with van der Waals surface area (Å²) in [5, 5.41) is 2.93. The van der Waals surface area contributed by atoms with Crippen LogP contribution in [0, 0.1) is 5.92 Å². The highest BCUT2D eigenvalue weighted by Gasteiger charge is 2.33. The van der Waals surface area contributed by atoms with Crippen molar-refractivity contribution in [3.05, 3.63) is 60.2 Å². The molecule has 5 heteroatoms. The lowest BCUT2D eigenvalue weighted by Gasteiger charge is -2.17. The van der Waals surface area contributed by atoms with Crippen molar-refractivity contribution in [1.82, 2.24) is 4.90 Å². The van der Waals surface area contributed by atoms with Gasteiger partial charge in [0.1, 0.15) is 0 Å². The van der Waals surface area contributed by atoms with Crippen molar-refractivity contribution in [2.24, 2.45) is 5.92 Å². The molecule has 0 saturated carbocycles. The van der Waals surface area contributed by atoms with E-state index in [0.29, 0.717) is 13.1 Å². The van der Waals surface area contributed by atoms with E-state index in [-0.39, 0.29) is 24.2 Å². The quantitative estimate of drug-likeness (QED) is 0.871. The molecule has 3 rings (SSSR count). The standard InChI is InChI=1S/C21H25N3O2/c1-23(2)19-10-8-18(9-11-19)22-21(26)17-14-20(25)24(15-17)13-12-16-6-4-3-5-7-16/h3-11,17H,12-15H2,1-2H3,(H,22,26). The van der Waals surface area contributed by atoms with Crippen LogP contribution in [0.15, 0.2) is 54.6 Å². The average molecular weight is 351 g/mol. The van der Waals surface area contributed by atoms with Crippen LogP contribution >= 0.6 is 0 Å². The minimum Gasteiger partial charge on any atom is -0.378 e. The summed E-state index contributed by atoms with van der Waals surface area (Å²) in [6.07, 6.45) is 1.10. The molecule has 1 aliphatic rings. The van der Waals surface area contributed by atoms with Crippen molar-refractivity contribution in [2.75, 3.05) is 37.4 Å². The van der Waals surface area contributed by atoms with Gasteiger partial charge in [-0.1, -0.05) is 30.3 Å². The molecule has 0 radical (unpaired) electrons. The average Bonchev–Trinajstić information content (AvgIpc) is 3.02. The number of hydrogen-bond donors (Lipinski definition) is 1. The summed E-state index contributed by atoms with van der Waals surface area (Å²) in [5.74, 6) is -0.311. The summed E-state index contributed by atoms with van der Waals surface area (Å²) >= 11 is 0. The van der Waals surface area contributed by atoms with Gasteiger partial charge in [0.15, 0.2) is 0 Å². The largest absolute Gasteiger partial charge is 0.378 e. The van der Waals surface area contributed by atoms with Gasteiger partial charge in [-0.15, -0.1) is 0 Å². The van der Waals surface area contributed by atoms with Crippen molar-refractivity contribution in [1.29, 1.82) is 0 Å². The molecule has 0 bridgehead atoms. The summed E-state index contributed by atoms with van der Waals surface area (Å²) in [6.45, 7) is 1.15. The predicted octanol–water partition coefficient (Wildman–Crippen LogP) is 2.78. The maximum atomic E-state index is 12.5. The third-order valence-electron chi connectivity index (χ3n) is 4.75. The number of hydrogen-bond acceptors (Lipinski definition) is 3. The minimum atomic E-state index is -0.285. The van der Waals surface area contributed by atoms with Gasteiger partial charge in [-0.05, 0) is 36.2 Å². The molecule has 136 valence electrons. The van der Waals surface area contributed by atoms with E-state index in [0.717, 1.165) is 17.8 Å². The molecule has 2 aromatic carbocycles. The van der Waals surface area contributed by atoms with E-state index < -0.39 is 0 Å². The Labute approximate surface area is 154 Å². The Kier molecular flexibility index (Phi) is 5.56. The lowest BCUT2D eigenvalue weighted by atomic mass is 10.1. The second-order valence-corrected chi connectivity index (χ2v) is 6.91. The van der Waals surface area contributed by atoms with Gasteiger partial charge in [-0.3, -0.25) is 9.59 Å². The Balaban J connectivity index is 1.53. The highest BCUT2D eigenvalue weighted by molar-refractivity contribution is 5.97. The van der Waals surface area contributed by atoms with E-state index >= 15 is 0 Å². The van der Waals surface area contributed by atoms with Gasteiger partial charge in [0.25, 0.3) is 0 Å². The zero-order valence-electron chi connectivity index (χ0n) is 15.3. The molecule has 1 heterocycles. The molecule has 2 amide bonds. The van der Waals surface area contributed by atoms with Crippen LogP contribution in [0.25, 0.3) is 0 Å². The molecule has 5 nitrogen and oxygen atoms in total. The van der Waals surface area contributed by atoms with Gasteiger partial charge < -0.3 is 15.1 Å². The van der Waals surface area contributed by atoms with E-state index in [4.69, 9.17) is 0 Å². The fourth-order valence-electron chi connectivity index (χ4n) is 3.16. The molecular formula is C21H25N3O2. The van der Waals surface area contributed by atoms with Gasteiger partial charge in [0.2, 0.25) is 11.8 Å². The minimum absolute atomic E-state index is 0.0593. The van der Waals surface area contributed by atoms with E-state index in [1.165, 1.54) is 5.56 Å². The first kappa shape index (κ1) is 18.0. The number of carbonyl (C=O) groups is 2. The van der Waals surface area contributed by atoms with E-state index in [1.807, 2.05) is 61.5 Å². The smallest absolute Gasteiger partial charge is 0.229 e. The second kappa shape index (κ2) is 8.04. The van der Waals surface area contributed by atoms with Crippen LogP contribution in [0.3, 0.4) is 0 Å². The first-order valence-electron chi connectivity index (χ1n) is 8.93. The van der Waals surface area contributed by atoms with Crippen LogP contribution in [0.5, 0.6) is 0 Å². The molecule has 1 saturated heterocycles. The Morgan fingerprint density at radius 2 is 1.81 bits per heavy atom. The number of likely N-dealkylation sites (tertiary alicyclic amines) is 1. The summed E-state index contributed by atoms with van der Waals surface area (Å²) in [6, 6.07) is 17.8. The number of amides is 2. The van der Waals surface area contributed by atoms with Crippen molar-refractivity contribution in [3.63, 3.8) is 0 Å². The molecule has 1 fully saturated rings. The molecule has 1 aliphatic heterocycles. The SMILES string of the molecule is CN(C)c1ccc(NC(=O)C2CC(=O)N(CCc3ccccc3)C2)cc1. The molecule has 0 spiro atoms. The van der Waals surface area contributed by atoms with Gasteiger partial charge >= 0.3 is 0 Å². The van der Waals surface area contributed by atoms with Crippen molar-refractivity contribution in [2.45, 2.75) is 12.8 Å². The Hall–Kier alpha value is -2.82. The molecular weight excluding hydrogens is 326 g/mol. The van der Waals surface area contributed by atoms with Crippen LogP contribution in [-0.2, 0) is 16.0 Å². The Morgan fingerprint density at radius 3 is 2.46 bits per heavy atom. The topological polar surface area (TPSA) is 52.7 Å².